The zero-order valence-corrected chi connectivity index (χ0v) is 18.1. The summed E-state index contributed by atoms with van der Waals surface area (Å²) in [6.07, 6.45) is 2.14. The third-order valence-corrected chi connectivity index (χ3v) is 5.41. The van der Waals surface area contributed by atoms with Crippen molar-refractivity contribution < 1.29 is 33.0 Å². The molecule has 0 aliphatic carbocycles. The van der Waals surface area contributed by atoms with E-state index in [1.807, 2.05) is 0 Å². The molecule has 1 saturated heterocycles. The number of aromatic nitrogens is 1. The van der Waals surface area contributed by atoms with E-state index < -0.39 is 11.9 Å². The molecule has 1 N–H and O–H groups in total. The molecule has 2 aliphatic heterocycles. The second-order valence-corrected chi connectivity index (χ2v) is 8.35. The summed E-state index contributed by atoms with van der Waals surface area (Å²) in [6.45, 7) is 4.64. The first-order chi connectivity index (χ1) is 15.5. The second kappa shape index (κ2) is 8.43. The number of nitrogens with zero attached hydrogens (tertiary/aromatic N) is 3. The van der Waals surface area contributed by atoms with Crippen molar-refractivity contribution in [3.8, 4) is 11.5 Å². The van der Waals surface area contributed by atoms with Gasteiger partial charge in [0.2, 0.25) is 5.91 Å². The normalized spacial score (nSPS) is 17.5. The van der Waals surface area contributed by atoms with Crippen LogP contribution in [0.4, 0.5) is 8.78 Å². The number of hydrogen-bond acceptors (Lipinski definition) is 6. The van der Waals surface area contributed by atoms with Crippen LogP contribution in [0.5, 0.6) is 11.5 Å². The standard InChI is InChI=1S/C23H23F2N3O5/c1-22(2,31)17-12-16(13-26-14-17)21(30)28-9-7-27(8-10-28)20(29)6-4-15-3-5-18-19(11-15)33-23(24,25)32-18/h3-6,11-14,31H,7-10H2,1-2H3/b6-4+. The summed E-state index contributed by atoms with van der Waals surface area (Å²) in [5.74, 6) is -0.624. The number of pyridine rings is 1. The third kappa shape index (κ3) is 5.11. The van der Waals surface area contributed by atoms with Gasteiger partial charge in [0, 0.05) is 50.2 Å². The minimum atomic E-state index is -3.69. The van der Waals surface area contributed by atoms with Gasteiger partial charge in [0.15, 0.2) is 11.5 Å². The summed E-state index contributed by atoms with van der Waals surface area (Å²) < 4.78 is 35.0. The summed E-state index contributed by atoms with van der Waals surface area (Å²) in [5, 5.41) is 10.1. The van der Waals surface area contributed by atoms with Gasteiger partial charge in [0.25, 0.3) is 5.91 Å². The summed E-state index contributed by atoms with van der Waals surface area (Å²) >= 11 is 0. The van der Waals surface area contributed by atoms with Crippen molar-refractivity contribution in [2.24, 2.45) is 0 Å². The Labute approximate surface area is 189 Å². The molecule has 8 nitrogen and oxygen atoms in total. The predicted molar refractivity (Wildman–Crippen MR) is 114 cm³/mol. The lowest BCUT2D eigenvalue weighted by Gasteiger charge is -2.34. The molecule has 0 radical (unpaired) electrons. The van der Waals surface area contributed by atoms with Crippen molar-refractivity contribution in [2.75, 3.05) is 26.2 Å². The van der Waals surface area contributed by atoms with Crippen LogP contribution < -0.4 is 9.47 Å². The van der Waals surface area contributed by atoms with Crippen molar-refractivity contribution in [1.29, 1.82) is 0 Å². The average molecular weight is 459 g/mol. The maximum absolute atomic E-state index is 13.1. The second-order valence-electron chi connectivity index (χ2n) is 8.35. The summed E-state index contributed by atoms with van der Waals surface area (Å²) in [6, 6.07) is 5.88. The zero-order chi connectivity index (χ0) is 23.8. The number of halogens is 2. The number of carbonyl (C=O) groups excluding carboxylic acids is 2. The van der Waals surface area contributed by atoms with Crippen LogP contribution in [0.2, 0.25) is 0 Å². The van der Waals surface area contributed by atoms with E-state index in [2.05, 4.69) is 14.5 Å². The highest BCUT2D eigenvalue weighted by atomic mass is 19.3. The molecule has 0 bridgehead atoms. The van der Waals surface area contributed by atoms with Crippen molar-refractivity contribution in [3.63, 3.8) is 0 Å². The Kier molecular flexibility index (Phi) is 5.79. The first kappa shape index (κ1) is 22.7. The molecular formula is C23H23F2N3O5. The maximum atomic E-state index is 13.1. The van der Waals surface area contributed by atoms with Gasteiger partial charge in [0.1, 0.15) is 0 Å². The fraction of sp³-hybridized carbons (Fsp3) is 0.348. The summed E-state index contributed by atoms with van der Waals surface area (Å²) in [4.78, 5) is 32.6. The predicted octanol–water partition coefficient (Wildman–Crippen LogP) is 2.63. The van der Waals surface area contributed by atoms with Crippen LogP contribution in [0.25, 0.3) is 6.08 Å². The van der Waals surface area contributed by atoms with Gasteiger partial charge in [-0.1, -0.05) is 6.07 Å². The third-order valence-electron chi connectivity index (χ3n) is 5.41. The van der Waals surface area contributed by atoms with Gasteiger partial charge in [0.05, 0.1) is 11.2 Å². The number of aliphatic hydroxyl groups is 1. The van der Waals surface area contributed by atoms with Gasteiger partial charge >= 0.3 is 6.29 Å². The largest absolute Gasteiger partial charge is 0.586 e. The Morgan fingerprint density at radius 1 is 1.06 bits per heavy atom. The first-order valence-corrected chi connectivity index (χ1v) is 10.4. The number of piperazine rings is 1. The number of rotatable bonds is 4. The zero-order valence-electron chi connectivity index (χ0n) is 18.1. The molecule has 10 heteroatoms. The van der Waals surface area contributed by atoms with Crippen molar-refractivity contribution >= 4 is 17.9 Å². The fourth-order valence-corrected chi connectivity index (χ4v) is 3.55. The van der Waals surface area contributed by atoms with Crippen LogP contribution >= 0.6 is 0 Å². The molecule has 2 aliphatic rings. The smallest absolute Gasteiger partial charge is 0.395 e. The lowest BCUT2D eigenvalue weighted by atomic mass is 9.99. The lowest BCUT2D eigenvalue weighted by molar-refractivity contribution is -0.286. The molecule has 0 spiro atoms. The SMILES string of the molecule is CC(C)(O)c1cncc(C(=O)N2CCN(C(=O)/C=C/c3ccc4c(c3)OC(F)(F)O4)CC2)c1. The number of amides is 2. The first-order valence-electron chi connectivity index (χ1n) is 10.4. The highest BCUT2D eigenvalue weighted by Crippen LogP contribution is 2.41. The minimum absolute atomic E-state index is 0.0624. The van der Waals surface area contributed by atoms with Gasteiger partial charge in [-0.25, -0.2) is 0 Å². The van der Waals surface area contributed by atoms with Crippen LogP contribution in [0, 0.1) is 0 Å². The highest BCUT2D eigenvalue weighted by molar-refractivity contribution is 5.95. The van der Waals surface area contributed by atoms with E-state index in [1.165, 1.54) is 36.7 Å². The van der Waals surface area contributed by atoms with Gasteiger partial charge in [-0.05, 0) is 43.7 Å². The molecule has 2 amide bonds. The number of alkyl halides is 2. The Morgan fingerprint density at radius 3 is 2.42 bits per heavy atom. The molecule has 2 aromatic rings. The molecule has 4 rings (SSSR count). The van der Waals surface area contributed by atoms with E-state index >= 15 is 0 Å². The topological polar surface area (TPSA) is 92.2 Å². The van der Waals surface area contributed by atoms with Crippen LogP contribution in [-0.4, -0.2) is 64.2 Å². The molecule has 3 heterocycles. The van der Waals surface area contributed by atoms with Gasteiger partial charge in [-0.2, -0.15) is 0 Å². The number of hydrogen-bond donors (Lipinski definition) is 1. The Bertz CT molecular complexity index is 1110. The van der Waals surface area contributed by atoms with E-state index in [4.69, 9.17) is 0 Å². The van der Waals surface area contributed by atoms with Crippen LogP contribution in [0.15, 0.2) is 42.7 Å². The van der Waals surface area contributed by atoms with Crippen LogP contribution in [0.1, 0.15) is 35.3 Å². The Balaban J connectivity index is 1.34. The molecule has 0 atom stereocenters. The van der Waals surface area contributed by atoms with E-state index in [0.29, 0.717) is 42.9 Å². The average Bonchev–Trinajstić information content (AvgIpc) is 3.09. The van der Waals surface area contributed by atoms with E-state index in [0.717, 1.165) is 0 Å². The number of ether oxygens (including phenoxy) is 2. The fourth-order valence-electron chi connectivity index (χ4n) is 3.55. The number of benzene rings is 1. The van der Waals surface area contributed by atoms with Crippen molar-refractivity contribution in [2.45, 2.75) is 25.7 Å². The maximum Gasteiger partial charge on any atom is 0.586 e. The summed E-state index contributed by atoms with van der Waals surface area (Å²) in [5.41, 5.74) is 0.318. The molecule has 33 heavy (non-hydrogen) atoms. The monoisotopic (exact) mass is 459 g/mol. The molecule has 174 valence electrons. The molecule has 0 unspecified atom stereocenters. The quantitative estimate of drug-likeness (QED) is 0.707. The number of fused-ring (bicyclic) bond motifs is 1. The molecule has 1 aromatic heterocycles. The van der Waals surface area contributed by atoms with Crippen LogP contribution in [-0.2, 0) is 10.4 Å². The van der Waals surface area contributed by atoms with Crippen molar-refractivity contribution in [3.05, 3.63) is 59.4 Å². The van der Waals surface area contributed by atoms with Gasteiger partial charge in [-0.3, -0.25) is 14.6 Å². The van der Waals surface area contributed by atoms with Gasteiger partial charge < -0.3 is 24.4 Å². The van der Waals surface area contributed by atoms with E-state index in [-0.39, 0.29) is 23.3 Å². The lowest BCUT2D eigenvalue weighted by Crippen LogP contribution is -2.50. The molecular weight excluding hydrogens is 436 g/mol. The number of carbonyl (C=O) groups is 2. The van der Waals surface area contributed by atoms with Gasteiger partial charge in [-0.15, -0.1) is 8.78 Å². The van der Waals surface area contributed by atoms with Crippen molar-refractivity contribution in [1.82, 2.24) is 14.8 Å². The van der Waals surface area contributed by atoms with E-state index in [9.17, 15) is 23.5 Å². The molecule has 1 aromatic carbocycles. The highest BCUT2D eigenvalue weighted by Gasteiger charge is 2.43. The molecule has 1 fully saturated rings. The summed E-state index contributed by atoms with van der Waals surface area (Å²) in [7, 11) is 0. The Morgan fingerprint density at radius 2 is 1.73 bits per heavy atom. The van der Waals surface area contributed by atoms with Crippen LogP contribution in [0.3, 0.4) is 0 Å². The Hall–Kier alpha value is -3.53. The molecule has 0 saturated carbocycles. The van der Waals surface area contributed by atoms with E-state index in [1.54, 1.807) is 35.8 Å². The minimum Gasteiger partial charge on any atom is -0.395 e.